The van der Waals surface area contributed by atoms with Crippen LogP contribution in [0.2, 0.25) is 5.02 Å². The van der Waals surface area contributed by atoms with Gasteiger partial charge in [0.15, 0.2) is 5.78 Å². The molecule has 3 aromatic carbocycles. The van der Waals surface area contributed by atoms with E-state index in [1.807, 2.05) is 42.5 Å². The Hall–Kier alpha value is -3.00. The molecule has 0 aliphatic rings. The van der Waals surface area contributed by atoms with Crippen LogP contribution in [-0.4, -0.2) is 26.7 Å². The van der Waals surface area contributed by atoms with Crippen molar-refractivity contribution in [2.75, 3.05) is 6.54 Å². The number of carbonyl (C=O) groups excluding carboxylic acids is 2. The summed E-state index contributed by atoms with van der Waals surface area (Å²) in [4.78, 5) is 24.1. The summed E-state index contributed by atoms with van der Waals surface area (Å²) in [6.45, 7) is 1.29. The standard InChI is InChI=1S/C24H23ClN2O4S/c1-17(28)20-8-5-9-22(16-20)32(30,31)26-15-14-23(29)27-24(18-6-3-2-4-7-18)19-10-12-21(25)13-11-19/h2-13,16,24,26H,14-15H2,1H3,(H,27,29). The summed E-state index contributed by atoms with van der Waals surface area (Å²) in [5.74, 6) is -0.537. The van der Waals surface area contributed by atoms with Crippen molar-refractivity contribution in [2.45, 2.75) is 24.3 Å². The average Bonchev–Trinajstić information content (AvgIpc) is 2.79. The Morgan fingerprint density at radius 3 is 2.22 bits per heavy atom. The molecule has 0 aliphatic heterocycles. The molecule has 0 fully saturated rings. The van der Waals surface area contributed by atoms with Crippen LogP contribution in [0.5, 0.6) is 0 Å². The second-order valence-electron chi connectivity index (χ2n) is 7.19. The first-order chi connectivity index (χ1) is 15.3. The van der Waals surface area contributed by atoms with E-state index in [1.54, 1.807) is 18.2 Å². The largest absolute Gasteiger partial charge is 0.345 e. The van der Waals surface area contributed by atoms with Crippen molar-refractivity contribution >= 4 is 33.3 Å². The number of nitrogens with one attached hydrogen (secondary N) is 2. The Kier molecular flexibility index (Phi) is 7.80. The molecule has 0 aliphatic carbocycles. The normalized spacial score (nSPS) is 12.2. The molecule has 166 valence electrons. The van der Waals surface area contributed by atoms with E-state index in [4.69, 9.17) is 11.6 Å². The van der Waals surface area contributed by atoms with Crippen molar-refractivity contribution < 1.29 is 18.0 Å². The predicted octanol–water partition coefficient (Wildman–Crippen LogP) is 4.12. The van der Waals surface area contributed by atoms with Gasteiger partial charge in [0.2, 0.25) is 15.9 Å². The molecule has 8 heteroatoms. The monoisotopic (exact) mass is 470 g/mol. The molecule has 2 N–H and O–H groups in total. The highest BCUT2D eigenvalue weighted by molar-refractivity contribution is 7.89. The molecule has 0 heterocycles. The fraction of sp³-hybridized carbons (Fsp3) is 0.167. The number of halogens is 1. The third-order valence-corrected chi connectivity index (χ3v) is 6.55. The molecule has 6 nitrogen and oxygen atoms in total. The van der Waals surface area contributed by atoms with Crippen LogP contribution in [0.4, 0.5) is 0 Å². The van der Waals surface area contributed by atoms with Crippen LogP contribution < -0.4 is 10.0 Å². The van der Waals surface area contributed by atoms with Gasteiger partial charge in [-0.25, -0.2) is 13.1 Å². The lowest BCUT2D eigenvalue weighted by Crippen LogP contribution is -2.33. The Morgan fingerprint density at radius 1 is 0.906 bits per heavy atom. The van der Waals surface area contributed by atoms with E-state index in [9.17, 15) is 18.0 Å². The number of ketones is 1. The van der Waals surface area contributed by atoms with Crippen LogP contribution in [0, 0.1) is 0 Å². The minimum Gasteiger partial charge on any atom is -0.345 e. The van der Waals surface area contributed by atoms with Crippen molar-refractivity contribution in [1.29, 1.82) is 0 Å². The smallest absolute Gasteiger partial charge is 0.240 e. The summed E-state index contributed by atoms with van der Waals surface area (Å²) < 4.78 is 27.5. The number of sulfonamides is 1. The fourth-order valence-electron chi connectivity index (χ4n) is 3.16. The van der Waals surface area contributed by atoms with E-state index in [2.05, 4.69) is 10.0 Å². The SMILES string of the molecule is CC(=O)c1cccc(S(=O)(=O)NCCC(=O)NC(c2ccccc2)c2ccc(Cl)cc2)c1. The summed E-state index contributed by atoms with van der Waals surface area (Å²) in [6, 6.07) is 22.0. The highest BCUT2D eigenvalue weighted by Crippen LogP contribution is 2.23. The second-order valence-corrected chi connectivity index (χ2v) is 9.40. The van der Waals surface area contributed by atoms with Crippen LogP contribution in [0.3, 0.4) is 0 Å². The van der Waals surface area contributed by atoms with Crippen molar-refractivity contribution in [2.24, 2.45) is 0 Å². The summed E-state index contributed by atoms with van der Waals surface area (Å²) in [5.41, 5.74) is 2.06. The zero-order chi connectivity index (χ0) is 23.1. The van der Waals surface area contributed by atoms with Gasteiger partial charge in [-0.2, -0.15) is 0 Å². The zero-order valence-corrected chi connectivity index (χ0v) is 19.0. The maximum atomic E-state index is 12.6. The second kappa shape index (κ2) is 10.5. The van der Waals surface area contributed by atoms with Crippen LogP contribution in [0.1, 0.15) is 40.9 Å². The van der Waals surface area contributed by atoms with Crippen LogP contribution in [-0.2, 0) is 14.8 Å². The van der Waals surface area contributed by atoms with Crippen LogP contribution in [0.25, 0.3) is 0 Å². The van der Waals surface area contributed by atoms with Gasteiger partial charge >= 0.3 is 0 Å². The van der Waals surface area contributed by atoms with Crippen LogP contribution >= 0.6 is 11.6 Å². The minimum absolute atomic E-state index is 0.0195. The first kappa shape index (κ1) is 23.7. The number of Topliss-reactive ketones (excluding diaryl/α,β-unsaturated/α-hetero) is 1. The van der Waals surface area contributed by atoms with Gasteiger partial charge < -0.3 is 5.32 Å². The van der Waals surface area contributed by atoms with Crippen molar-refractivity contribution in [1.82, 2.24) is 10.0 Å². The first-order valence-corrected chi connectivity index (χ1v) is 11.8. The maximum absolute atomic E-state index is 12.6. The van der Waals surface area contributed by atoms with Gasteiger partial charge in [-0.05, 0) is 42.3 Å². The minimum atomic E-state index is -3.85. The molecular formula is C24H23ClN2O4S. The van der Waals surface area contributed by atoms with Gasteiger partial charge in [0.05, 0.1) is 10.9 Å². The Labute approximate surface area is 192 Å². The molecule has 32 heavy (non-hydrogen) atoms. The average molecular weight is 471 g/mol. The van der Waals surface area contributed by atoms with Gasteiger partial charge in [-0.3, -0.25) is 9.59 Å². The van der Waals surface area contributed by atoms with E-state index in [-0.39, 0.29) is 29.6 Å². The lowest BCUT2D eigenvalue weighted by atomic mass is 9.98. The lowest BCUT2D eigenvalue weighted by Gasteiger charge is -2.20. The topological polar surface area (TPSA) is 92.3 Å². The molecule has 3 aromatic rings. The third kappa shape index (κ3) is 6.26. The quantitative estimate of drug-likeness (QED) is 0.460. The zero-order valence-electron chi connectivity index (χ0n) is 17.4. The molecule has 1 atom stereocenters. The number of hydrogen-bond donors (Lipinski definition) is 2. The number of amides is 1. The molecule has 1 unspecified atom stereocenters. The van der Waals surface area contributed by atoms with Gasteiger partial charge in [0, 0.05) is 23.6 Å². The Bertz CT molecular complexity index is 1200. The highest BCUT2D eigenvalue weighted by Gasteiger charge is 2.19. The molecule has 0 bridgehead atoms. The molecule has 1 amide bonds. The molecule has 0 saturated heterocycles. The molecular weight excluding hydrogens is 448 g/mol. The van der Waals surface area contributed by atoms with Crippen molar-refractivity contribution in [3.8, 4) is 0 Å². The fourth-order valence-corrected chi connectivity index (χ4v) is 4.36. The molecule has 0 saturated carbocycles. The summed E-state index contributed by atoms with van der Waals surface area (Å²) in [5, 5.41) is 3.55. The molecule has 0 aromatic heterocycles. The van der Waals surface area contributed by atoms with Crippen molar-refractivity contribution in [3.63, 3.8) is 0 Å². The van der Waals surface area contributed by atoms with E-state index < -0.39 is 16.1 Å². The molecule has 0 spiro atoms. The van der Waals surface area contributed by atoms with Gasteiger partial charge in [-0.1, -0.05) is 66.2 Å². The van der Waals surface area contributed by atoms with E-state index in [0.717, 1.165) is 11.1 Å². The lowest BCUT2D eigenvalue weighted by molar-refractivity contribution is -0.121. The van der Waals surface area contributed by atoms with E-state index in [1.165, 1.54) is 25.1 Å². The third-order valence-electron chi connectivity index (χ3n) is 4.84. The predicted molar refractivity (Wildman–Crippen MR) is 124 cm³/mol. The number of carbonyl (C=O) groups is 2. The van der Waals surface area contributed by atoms with Crippen LogP contribution in [0.15, 0.2) is 83.8 Å². The van der Waals surface area contributed by atoms with Crippen molar-refractivity contribution in [3.05, 3.63) is 101 Å². The van der Waals surface area contributed by atoms with Gasteiger partial charge in [0.25, 0.3) is 0 Å². The van der Waals surface area contributed by atoms with E-state index in [0.29, 0.717) is 10.6 Å². The summed E-state index contributed by atoms with van der Waals surface area (Å²) in [7, 11) is -3.85. The first-order valence-electron chi connectivity index (χ1n) is 9.97. The highest BCUT2D eigenvalue weighted by atomic mass is 35.5. The van der Waals surface area contributed by atoms with Gasteiger partial charge in [0.1, 0.15) is 0 Å². The number of benzene rings is 3. The Morgan fingerprint density at radius 2 is 1.56 bits per heavy atom. The van der Waals surface area contributed by atoms with Gasteiger partial charge in [-0.15, -0.1) is 0 Å². The Balaban J connectivity index is 1.66. The van der Waals surface area contributed by atoms with E-state index >= 15 is 0 Å². The number of rotatable bonds is 9. The summed E-state index contributed by atoms with van der Waals surface area (Å²) >= 11 is 5.99. The number of hydrogen-bond acceptors (Lipinski definition) is 4. The maximum Gasteiger partial charge on any atom is 0.240 e. The molecule has 0 radical (unpaired) electrons. The molecule has 3 rings (SSSR count). The summed E-state index contributed by atoms with van der Waals surface area (Å²) in [6.07, 6.45) is -0.0530.